The van der Waals surface area contributed by atoms with Crippen molar-refractivity contribution < 1.29 is 13.9 Å². The van der Waals surface area contributed by atoms with Crippen LogP contribution in [0.15, 0.2) is 34.1 Å². The highest BCUT2D eigenvalue weighted by Crippen LogP contribution is 2.25. The molecule has 2 rings (SSSR count). The van der Waals surface area contributed by atoms with Gasteiger partial charge in [-0.05, 0) is 39.5 Å². The van der Waals surface area contributed by atoms with Crippen molar-refractivity contribution in [1.29, 1.82) is 0 Å². The molecule has 0 aliphatic heterocycles. The Kier molecular flexibility index (Phi) is 3.91. The van der Waals surface area contributed by atoms with Crippen molar-refractivity contribution in [2.24, 2.45) is 0 Å². The molecule has 0 saturated carbocycles. The van der Waals surface area contributed by atoms with Gasteiger partial charge in [0, 0.05) is 16.1 Å². The van der Waals surface area contributed by atoms with Gasteiger partial charge in [-0.2, -0.15) is 0 Å². The van der Waals surface area contributed by atoms with Gasteiger partial charge >= 0.3 is 0 Å². The molecule has 1 heterocycles. The van der Waals surface area contributed by atoms with Gasteiger partial charge in [-0.3, -0.25) is 4.79 Å². The average molecular weight is 315 g/mol. The number of hydrogen-bond acceptors (Lipinski definition) is 3. The van der Waals surface area contributed by atoms with E-state index in [1.54, 1.807) is 11.3 Å². The van der Waals surface area contributed by atoms with Crippen LogP contribution in [-0.2, 0) is 6.61 Å². The molecule has 0 amide bonds. The third-order valence-corrected chi connectivity index (χ3v) is 3.99. The van der Waals surface area contributed by atoms with Crippen LogP contribution < -0.4 is 4.74 Å². The maximum absolute atomic E-state index is 13.1. The summed E-state index contributed by atoms with van der Waals surface area (Å²) in [4.78, 5) is 11.6. The van der Waals surface area contributed by atoms with Gasteiger partial charge in [-0.1, -0.05) is 0 Å². The fourth-order valence-electron chi connectivity index (χ4n) is 1.31. The summed E-state index contributed by atoms with van der Waals surface area (Å²) in [6.45, 7) is 0.347. The second-order valence-corrected chi connectivity index (χ2v) is 5.17. The Morgan fingerprint density at radius 2 is 2.24 bits per heavy atom. The van der Waals surface area contributed by atoms with Crippen molar-refractivity contribution in [2.75, 3.05) is 0 Å². The second kappa shape index (κ2) is 5.42. The minimum atomic E-state index is -0.477. The van der Waals surface area contributed by atoms with E-state index < -0.39 is 5.82 Å². The van der Waals surface area contributed by atoms with Crippen molar-refractivity contribution in [2.45, 2.75) is 6.61 Å². The number of rotatable bonds is 4. The monoisotopic (exact) mass is 314 g/mol. The third kappa shape index (κ3) is 3.14. The predicted octanol–water partition coefficient (Wildman–Crippen LogP) is 4.04. The quantitative estimate of drug-likeness (QED) is 0.796. The van der Waals surface area contributed by atoms with Gasteiger partial charge in [0.25, 0.3) is 0 Å². The highest BCUT2D eigenvalue weighted by Gasteiger charge is 2.04. The Bertz CT molecular complexity index is 539. The molecule has 2 nitrogen and oxygen atoms in total. The summed E-state index contributed by atoms with van der Waals surface area (Å²) in [6.07, 6.45) is 0.594. The van der Waals surface area contributed by atoms with Crippen LogP contribution in [0.4, 0.5) is 4.39 Å². The lowest BCUT2D eigenvalue weighted by atomic mass is 10.2. The van der Waals surface area contributed by atoms with E-state index in [4.69, 9.17) is 4.74 Å². The van der Waals surface area contributed by atoms with E-state index in [0.29, 0.717) is 18.6 Å². The Hall–Kier alpha value is -1.20. The molecule has 17 heavy (non-hydrogen) atoms. The van der Waals surface area contributed by atoms with Gasteiger partial charge in [0.1, 0.15) is 24.5 Å². The molecule has 2 aromatic rings. The topological polar surface area (TPSA) is 26.3 Å². The first-order valence-corrected chi connectivity index (χ1v) is 6.47. The molecule has 88 valence electrons. The van der Waals surface area contributed by atoms with Crippen LogP contribution in [0.3, 0.4) is 0 Å². The van der Waals surface area contributed by atoms with Crippen LogP contribution in [0.2, 0.25) is 0 Å². The van der Waals surface area contributed by atoms with Gasteiger partial charge in [0.2, 0.25) is 0 Å². The summed E-state index contributed by atoms with van der Waals surface area (Å²) in [6, 6.07) is 5.86. The molecule has 0 N–H and O–H groups in total. The van der Waals surface area contributed by atoms with Crippen LogP contribution in [0.5, 0.6) is 5.75 Å². The van der Waals surface area contributed by atoms with Crippen molar-refractivity contribution in [3.63, 3.8) is 0 Å². The van der Waals surface area contributed by atoms with Crippen LogP contribution in [0.25, 0.3) is 0 Å². The van der Waals surface area contributed by atoms with Crippen molar-refractivity contribution in [3.05, 3.63) is 50.4 Å². The first-order chi connectivity index (χ1) is 8.19. The Morgan fingerprint density at radius 3 is 2.88 bits per heavy atom. The van der Waals surface area contributed by atoms with Gasteiger partial charge in [-0.25, -0.2) is 4.39 Å². The number of ether oxygens (including phenoxy) is 1. The fraction of sp³-hybridized carbons (Fsp3) is 0.0833. The summed E-state index contributed by atoms with van der Waals surface area (Å²) < 4.78 is 19.5. The van der Waals surface area contributed by atoms with E-state index in [0.717, 1.165) is 9.35 Å². The smallest absolute Gasteiger partial charge is 0.150 e. The van der Waals surface area contributed by atoms with Crippen LogP contribution in [0.1, 0.15) is 15.2 Å². The molecule has 0 atom stereocenters. The Balaban J connectivity index is 2.11. The molecule has 0 radical (unpaired) electrons. The summed E-state index contributed by atoms with van der Waals surface area (Å²) >= 11 is 4.93. The SMILES string of the molecule is O=Cc1cc(F)cc(OCc2sccc2Br)c1. The van der Waals surface area contributed by atoms with Crippen molar-refractivity contribution in [1.82, 2.24) is 0 Å². The number of carbonyl (C=O) groups excluding carboxylic acids is 1. The van der Waals surface area contributed by atoms with E-state index in [2.05, 4.69) is 15.9 Å². The summed E-state index contributed by atoms with van der Waals surface area (Å²) in [5.41, 5.74) is 0.269. The number of benzene rings is 1. The molecular weight excluding hydrogens is 307 g/mol. The summed E-state index contributed by atoms with van der Waals surface area (Å²) in [5, 5.41) is 1.94. The van der Waals surface area contributed by atoms with Crippen LogP contribution in [-0.4, -0.2) is 6.29 Å². The maximum Gasteiger partial charge on any atom is 0.150 e. The maximum atomic E-state index is 13.1. The fourth-order valence-corrected chi connectivity index (χ4v) is 2.69. The number of halogens is 2. The van der Waals surface area contributed by atoms with E-state index in [1.807, 2.05) is 11.4 Å². The molecule has 0 fully saturated rings. The first-order valence-electron chi connectivity index (χ1n) is 4.79. The van der Waals surface area contributed by atoms with Crippen LogP contribution >= 0.6 is 27.3 Å². The predicted molar refractivity (Wildman–Crippen MR) is 68.1 cm³/mol. The van der Waals surface area contributed by atoms with E-state index in [-0.39, 0.29) is 5.56 Å². The molecule has 0 aliphatic carbocycles. The third-order valence-electron chi connectivity index (χ3n) is 2.09. The van der Waals surface area contributed by atoms with E-state index >= 15 is 0 Å². The van der Waals surface area contributed by atoms with Gasteiger partial charge in [-0.15, -0.1) is 11.3 Å². The summed E-state index contributed by atoms with van der Waals surface area (Å²) in [7, 11) is 0. The molecule has 0 spiro atoms. The highest BCUT2D eigenvalue weighted by atomic mass is 79.9. The van der Waals surface area contributed by atoms with Gasteiger partial charge in [0.15, 0.2) is 0 Å². The first kappa shape index (κ1) is 12.3. The molecular formula is C12H8BrFO2S. The number of aldehydes is 1. The van der Waals surface area contributed by atoms with Gasteiger partial charge in [0.05, 0.1) is 4.88 Å². The summed E-state index contributed by atoms with van der Waals surface area (Å²) in [5.74, 6) is -0.123. The highest BCUT2D eigenvalue weighted by molar-refractivity contribution is 9.10. The zero-order valence-corrected chi connectivity index (χ0v) is 11.1. The molecule has 1 aromatic heterocycles. The minimum Gasteiger partial charge on any atom is -0.488 e. The Labute approximate surface area is 110 Å². The second-order valence-electron chi connectivity index (χ2n) is 3.32. The molecule has 0 unspecified atom stereocenters. The van der Waals surface area contributed by atoms with E-state index in [9.17, 15) is 9.18 Å². The Morgan fingerprint density at radius 1 is 1.41 bits per heavy atom. The molecule has 5 heteroatoms. The zero-order chi connectivity index (χ0) is 12.3. The molecule has 1 aromatic carbocycles. The lowest BCUT2D eigenvalue weighted by Crippen LogP contribution is -1.95. The lowest BCUT2D eigenvalue weighted by Gasteiger charge is -2.06. The minimum absolute atomic E-state index is 0.269. The lowest BCUT2D eigenvalue weighted by molar-refractivity contribution is 0.112. The molecule has 0 bridgehead atoms. The standard InChI is InChI=1S/C12H8BrFO2S/c13-11-1-2-17-12(11)7-16-10-4-8(6-15)3-9(14)5-10/h1-6H,7H2. The van der Waals surface area contributed by atoms with Gasteiger partial charge < -0.3 is 4.74 Å². The van der Waals surface area contributed by atoms with Crippen LogP contribution in [0, 0.1) is 5.82 Å². The number of hydrogen-bond donors (Lipinski definition) is 0. The molecule has 0 saturated heterocycles. The van der Waals surface area contributed by atoms with Crippen molar-refractivity contribution >= 4 is 33.6 Å². The number of carbonyl (C=O) groups is 1. The normalized spacial score (nSPS) is 10.2. The molecule has 0 aliphatic rings. The zero-order valence-electron chi connectivity index (χ0n) is 8.65. The van der Waals surface area contributed by atoms with Crippen molar-refractivity contribution in [3.8, 4) is 5.75 Å². The van der Waals surface area contributed by atoms with E-state index in [1.165, 1.54) is 18.2 Å². The average Bonchev–Trinajstić information content (AvgIpc) is 2.71. The largest absolute Gasteiger partial charge is 0.488 e. The number of thiophene rings is 1.